The Morgan fingerprint density at radius 3 is 2.38 bits per heavy atom. The molecule has 1 aliphatic carbocycles. The van der Waals surface area contributed by atoms with Gasteiger partial charge in [0.05, 0.1) is 18.2 Å². The Hall–Kier alpha value is -4.05. The van der Waals surface area contributed by atoms with Crippen LogP contribution in [0.4, 0.5) is 4.79 Å². The summed E-state index contributed by atoms with van der Waals surface area (Å²) in [6, 6.07) is 1.41. The van der Waals surface area contributed by atoms with Crippen molar-refractivity contribution in [2.75, 3.05) is 27.5 Å². The van der Waals surface area contributed by atoms with Crippen LogP contribution in [0, 0.1) is 25.2 Å². The summed E-state index contributed by atoms with van der Waals surface area (Å²) in [4.78, 5) is 58.0. The number of likely N-dealkylation sites (N-methyl/N-ethyl adjacent to an activating group) is 1. The Balaban J connectivity index is 1.59. The number of methoxy groups -OCH3 is 1. The number of Topliss-reactive ketones (excluding diaryl/α,β-unsaturated/α-hetero) is 2. The normalized spacial score (nSPS) is 26.2. The van der Waals surface area contributed by atoms with Crippen LogP contribution >= 0.6 is 0 Å². The van der Waals surface area contributed by atoms with Crippen molar-refractivity contribution in [3.8, 4) is 11.8 Å². The summed E-state index contributed by atoms with van der Waals surface area (Å²) in [6.07, 6.45) is 0.0898. The van der Waals surface area contributed by atoms with Crippen molar-refractivity contribution in [1.29, 1.82) is 5.26 Å². The van der Waals surface area contributed by atoms with Gasteiger partial charge in [-0.15, -0.1) is 0 Å². The SMILES string of the molecule is COCOc1c(C)c(C)cc2c1[C@@H]1C3CC4=C(C(=O)C(C)=C(C)C4=O)[C@H](CNC(=O)[C@H](C)NC(=O)OC(C)(C)C)N3[C@@H](C#N)[C@H](C2)N1C. The number of nitrogens with one attached hydrogen (secondary N) is 2. The molecule has 0 aromatic heterocycles. The van der Waals surface area contributed by atoms with Gasteiger partial charge in [0, 0.05) is 53.6 Å². The molecule has 2 amide bonds. The Morgan fingerprint density at radius 1 is 1.08 bits per heavy atom. The molecule has 3 heterocycles. The van der Waals surface area contributed by atoms with Crippen LogP contribution in [0.1, 0.15) is 76.3 Å². The van der Waals surface area contributed by atoms with Crippen LogP contribution in [0.2, 0.25) is 0 Å². The summed E-state index contributed by atoms with van der Waals surface area (Å²) < 4.78 is 16.8. The van der Waals surface area contributed by atoms with Gasteiger partial charge in [-0.25, -0.2) is 4.79 Å². The molecular formula is C36H47N5O7. The standard InChI is InChI=1S/C36H47N5O7/c1-17-11-22-12-24-26(14-37)41-25(30(40(24)9)28(22)33(18(17)2)47-16-46-10)13-23-29(32(43)20(4)19(3)31(23)42)27(41)15-38-34(44)21(5)39-35(45)48-36(6,7)8/h11,21,24-27,30H,12-13,15-16H2,1-10H3,(H,38,44)(H,39,45)/t21-,24-,25?,26-,27-,30-/m0/s1. The summed E-state index contributed by atoms with van der Waals surface area (Å²) in [5.74, 6) is -0.209. The highest BCUT2D eigenvalue weighted by molar-refractivity contribution is 6.25. The molecule has 12 heteroatoms. The van der Waals surface area contributed by atoms with E-state index in [0.717, 1.165) is 28.0 Å². The van der Waals surface area contributed by atoms with Gasteiger partial charge in [0.1, 0.15) is 23.4 Å². The Labute approximate surface area is 282 Å². The van der Waals surface area contributed by atoms with E-state index in [1.54, 1.807) is 48.7 Å². The molecule has 4 aliphatic rings. The van der Waals surface area contributed by atoms with E-state index in [9.17, 15) is 24.4 Å². The molecule has 2 bridgehead atoms. The monoisotopic (exact) mass is 661 g/mol. The first kappa shape index (κ1) is 35.3. The Bertz CT molecular complexity index is 1670. The van der Waals surface area contributed by atoms with Crippen LogP contribution in [-0.2, 0) is 30.3 Å². The lowest BCUT2D eigenvalue weighted by molar-refractivity contribution is -0.124. The number of aryl methyl sites for hydroxylation is 1. The highest BCUT2D eigenvalue weighted by Crippen LogP contribution is 2.52. The fourth-order valence-electron chi connectivity index (χ4n) is 7.76. The summed E-state index contributed by atoms with van der Waals surface area (Å²) in [6.45, 7) is 14.1. The summed E-state index contributed by atoms with van der Waals surface area (Å²) in [5.41, 5.74) is 4.90. The van der Waals surface area contributed by atoms with Crippen molar-refractivity contribution >= 4 is 23.6 Å². The quantitative estimate of drug-likeness (QED) is 0.329. The van der Waals surface area contributed by atoms with Crippen LogP contribution in [-0.4, -0.2) is 96.7 Å². The van der Waals surface area contributed by atoms with Crippen LogP contribution in [0.3, 0.4) is 0 Å². The minimum absolute atomic E-state index is 0.0476. The van der Waals surface area contributed by atoms with Crippen molar-refractivity contribution < 1.29 is 33.4 Å². The molecule has 2 N–H and O–H groups in total. The number of carbonyl (C=O) groups excluding carboxylic acids is 4. The molecule has 6 atom stereocenters. The van der Waals surface area contributed by atoms with E-state index in [1.165, 1.54) is 0 Å². The maximum Gasteiger partial charge on any atom is 0.408 e. The van der Waals surface area contributed by atoms with Crippen LogP contribution < -0.4 is 15.4 Å². The molecule has 1 aromatic rings. The molecular weight excluding hydrogens is 614 g/mol. The van der Waals surface area contributed by atoms with E-state index in [1.807, 2.05) is 20.9 Å². The third kappa shape index (κ3) is 6.04. The van der Waals surface area contributed by atoms with E-state index in [2.05, 4.69) is 32.6 Å². The fourth-order valence-corrected chi connectivity index (χ4v) is 7.76. The number of hydrogen-bond acceptors (Lipinski definition) is 10. The number of carbonyl (C=O) groups is 4. The number of piperazine rings is 1. The number of nitriles is 1. The second-order valence-corrected chi connectivity index (χ2v) is 14.4. The van der Waals surface area contributed by atoms with Crippen molar-refractivity contribution in [1.82, 2.24) is 20.4 Å². The van der Waals surface area contributed by atoms with Gasteiger partial charge in [0.2, 0.25) is 5.91 Å². The topological polar surface area (TPSA) is 150 Å². The van der Waals surface area contributed by atoms with E-state index in [-0.39, 0.29) is 43.4 Å². The molecule has 3 aliphatic heterocycles. The van der Waals surface area contributed by atoms with Gasteiger partial charge < -0.3 is 24.8 Å². The van der Waals surface area contributed by atoms with Crippen LogP contribution in [0.5, 0.6) is 5.75 Å². The highest BCUT2D eigenvalue weighted by Gasteiger charge is 2.57. The molecule has 1 aromatic carbocycles. The Kier molecular flexibility index (Phi) is 9.63. The molecule has 0 spiro atoms. The number of allylic oxidation sites excluding steroid dienone is 2. The van der Waals surface area contributed by atoms with Crippen LogP contribution in [0.15, 0.2) is 28.4 Å². The molecule has 258 valence electrons. The largest absolute Gasteiger partial charge is 0.467 e. The first-order valence-corrected chi connectivity index (χ1v) is 16.4. The molecule has 1 saturated heterocycles. The van der Waals surface area contributed by atoms with Crippen molar-refractivity contribution in [2.45, 2.75) is 110 Å². The van der Waals surface area contributed by atoms with Gasteiger partial charge >= 0.3 is 6.09 Å². The average Bonchev–Trinajstić information content (AvgIpc) is 3.01. The van der Waals surface area contributed by atoms with Crippen molar-refractivity contribution in [2.24, 2.45) is 0 Å². The number of amides is 2. The number of alkyl carbamates (subject to hydrolysis) is 1. The molecule has 48 heavy (non-hydrogen) atoms. The van der Waals surface area contributed by atoms with Crippen molar-refractivity contribution in [3.63, 3.8) is 0 Å². The molecule has 1 fully saturated rings. The lowest BCUT2D eigenvalue weighted by atomic mass is 9.69. The zero-order valence-corrected chi connectivity index (χ0v) is 29.6. The molecule has 12 nitrogen and oxygen atoms in total. The molecule has 5 rings (SSSR count). The zero-order chi connectivity index (χ0) is 35.4. The third-order valence-electron chi connectivity index (χ3n) is 10.3. The first-order chi connectivity index (χ1) is 22.5. The van der Waals surface area contributed by atoms with Crippen LogP contribution in [0.25, 0.3) is 0 Å². The Morgan fingerprint density at radius 2 is 1.75 bits per heavy atom. The van der Waals surface area contributed by atoms with Gasteiger partial charge in [-0.1, -0.05) is 6.07 Å². The summed E-state index contributed by atoms with van der Waals surface area (Å²) in [7, 11) is 3.57. The minimum atomic E-state index is -0.947. The van der Waals surface area contributed by atoms with E-state index in [0.29, 0.717) is 28.7 Å². The maximum absolute atomic E-state index is 14.0. The zero-order valence-electron chi connectivity index (χ0n) is 29.6. The smallest absolute Gasteiger partial charge is 0.408 e. The number of ether oxygens (including phenoxy) is 3. The average molecular weight is 662 g/mol. The second kappa shape index (κ2) is 13.1. The van der Waals surface area contributed by atoms with Gasteiger partial charge in [-0.05, 0) is 92.0 Å². The highest BCUT2D eigenvalue weighted by atomic mass is 16.7. The second-order valence-electron chi connectivity index (χ2n) is 14.4. The summed E-state index contributed by atoms with van der Waals surface area (Å²) >= 11 is 0. The lowest BCUT2D eigenvalue weighted by Crippen LogP contribution is -2.71. The number of ketones is 2. The number of benzene rings is 1. The number of nitrogens with zero attached hydrogens (tertiary/aromatic N) is 3. The lowest BCUT2D eigenvalue weighted by Gasteiger charge is -2.60. The maximum atomic E-state index is 14.0. The van der Waals surface area contributed by atoms with E-state index >= 15 is 0 Å². The predicted molar refractivity (Wildman–Crippen MR) is 177 cm³/mol. The first-order valence-electron chi connectivity index (χ1n) is 16.4. The number of hydrogen-bond donors (Lipinski definition) is 2. The molecule has 0 saturated carbocycles. The predicted octanol–water partition coefficient (Wildman–Crippen LogP) is 3.35. The number of fused-ring (bicyclic) bond motifs is 6. The molecule has 1 unspecified atom stereocenters. The van der Waals surface area contributed by atoms with Gasteiger partial charge in [-0.3, -0.25) is 24.2 Å². The fraction of sp³-hybridized carbons (Fsp3) is 0.583. The van der Waals surface area contributed by atoms with Gasteiger partial charge in [-0.2, -0.15) is 5.26 Å². The van der Waals surface area contributed by atoms with Gasteiger partial charge in [0.15, 0.2) is 18.4 Å². The van der Waals surface area contributed by atoms with E-state index < -0.39 is 41.8 Å². The van der Waals surface area contributed by atoms with Gasteiger partial charge in [0.25, 0.3) is 0 Å². The third-order valence-corrected chi connectivity index (χ3v) is 10.3. The van der Waals surface area contributed by atoms with Crippen molar-refractivity contribution in [3.05, 3.63) is 50.6 Å². The molecule has 0 radical (unpaired) electrons. The number of rotatable bonds is 7. The van der Waals surface area contributed by atoms with E-state index in [4.69, 9.17) is 14.2 Å². The minimum Gasteiger partial charge on any atom is -0.467 e. The summed E-state index contributed by atoms with van der Waals surface area (Å²) in [5, 5.41) is 16.2.